The van der Waals surface area contributed by atoms with Crippen LogP contribution in [0.3, 0.4) is 0 Å². The molecule has 6 heteroatoms. The molecule has 0 aliphatic carbocycles. The zero-order chi connectivity index (χ0) is 14.4. The number of rotatable bonds is 4. The third kappa shape index (κ3) is 3.55. The Hall–Kier alpha value is -2.89. The average Bonchev–Trinajstić information content (AvgIpc) is 2.46. The number of hydrogen-bond acceptors (Lipinski definition) is 4. The molecule has 0 unspecified atom stereocenters. The summed E-state index contributed by atoms with van der Waals surface area (Å²) < 4.78 is 5.02. The van der Waals surface area contributed by atoms with Gasteiger partial charge in [0.1, 0.15) is 5.75 Å². The standard InChI is InChI=1S/C14H12N2O4/c17-14(20-12-7-2-1-3-8-12)15-10-11-6-4-5-9-13(11)16(18)19/h1-9H,10H2,(H,15,17). The van der Waals surface area contributed by atoms with Crippen LogP contribution in [-0.4, -0.2) is 11.0 Å². The molecule has 20 heavy (non-hydrogen) atoms. The van der Waals surface area contributed by atoms with Crippen molar-refractivity contribution in [2.45, 2.75) is 6.54 Å². The largest absolute Gasteiger partial charge is 0.412 e. The van der Waals surface area contributed by atoms with Gasteiger partial charge in [0.2, 0.25) is 0 Å². The second-order valence-electron chi connectivity index (χ2n) is 3.94. The molecule has 102 valence electrons. The van der Waals surface area contributed by atoms with Gasteiger partial charge in [0.15, 0.2) is 0 Å². The van der Waals surface area contributed by atoms with Crippen molar-refractivity contribution in [1.82, 2.24) is 5.32 Å². The molecule has 2 aromatic rings. The first-order chi connectivity index (χ1) is 9.66. The van der Waals surface area contributed by atoms with Crippen molar-refractivity contribution in [2.24, 2.45) is 0 Å². The van der Waals surface area contributed by atoms with Gasteiger partial charge in [-0.05, 0) is 12.1 Å². The summed E-state index contributed by atoms with van der Waals surface area (Å²) >= 11 is 0. The van der Waals surface area contributed by atoms with Crippen molar-refractivity contribution in [3.05, 3.63) is 70.3 Å². The van der Waals surface area contributed by atoms with E-state index in [0.717, 1.165) is 0 Å². The average molecular weight is 272 g/mol. The lowest BCUT2D eigenvalue weighted by Gasteiger charge is -2.06. The maximum Gasteiger partial charge on any atom is 0.412 e. The van der Waals surface area contributed by atoms with Crippen molar-refractivity contribution >= 4 is 11.8 Å². The van der Waals surface area contributed by atoms with Crippen LogP contribution in [0.5, 0.6) is 5.75 Å². The van der Waals surface area contributed by atoms with E-state index in [4.69, 9.17) is 4.74 Å². The van der Waals surface area contributed by atoms with Crippen molar-refractivity contribution in [3.63, 3.8) is 0 Å². The fourth-order valence-electron chi connectivity index (χ4n) is 1.64. The first-order valence-electron chi connectivity index (χ1n) is 5.90. The van der Waals surface area contributed by atoms with Gasteiger partial charge in [0.25, 0.3) is 5.69 Å². The zero-order valence-electron chi connectivity index (χ0n) is 10.5. The Morgan fingerprint density at radius 1 is 1.10 bits per heavy atom. The molecule has 0 aromatic heterocycles. The molecule has 0 bridgehead atoms. The first kappa shape index (κ1) is 13.5. The highest BCUT2D eigenvalue weighted by atomic mass is 16.6. The summed E-state index contributed by atoms with van der Waals surface area (Å²) in [4.78, 5) is 21.9. The van der Waals surface area contributed by atoms with Gasteiger partial charge in [0, 0.05) is 11.6 Å². The SMILES string of the molecule is O=C(NCc1ccccc1[N+](=O)[O-])Oc1ccccc1. The van der Waals surface area contributed by atoms with E-state index in [0.29, 0.717) is 11.3 Å². The molecule has 0 fully saturated rings. The summed E-state index contributed by atoms with van der Waals surface area (Å²) in [6, 6.07) is 14.8. The lowest BCUT2D eigenvalue weighted by Crippen LogP contribution is -2.26. The van der Waals surface area contributed by atoms with Gasteiger partial charge in [0.05, 0.1) is 11.5 Å². The van der Waals surface area contributed by atoms with Crippen LogP contribution in [0, 0.1) is 10.1 Å². The smallest absolute Gasteiger partial charge is 0.410 e. The third-order valence-electron chi connectivity index (χ3n) is 2.57. The van der Waals surface area contributed by atoms with E-state index in [-0.39, 0.29) is 12.2 Å². The van der Waals surface area contributed by atoms with Crippen molar-refractivity contribution in [3.8, 4) is 5.75 Å². The fraction of sp³-hybridized carbons (Fsp3) is 0.0714. The van der Waals surface area contributed by atoms with Crippen molar-refractivity contribution in [2.75, 3.05) is 0 Å². The van der Waals surface area contributed by atoms with Gasteiger partial charge in [-0.25, -0.2) is 4.79 Å². The number of hydrogen-bond donors (Lipinski definition) is 1. The van der Waals surface area contributed by atoms with E-state index in [1.165, 1.54) is 6.07 Å². The molecule has 2 rings (SSSR count). The Balaban J connectivity index is 1.96. The zero-order valence-corrected chi connectivity index (χ0v) is 10.5. The van der Waals surface area contributed by atoms with E-state index in [1.54, 1.807) is 48.5 Å². The predicted octanol–water partition coefficient (Wildman–Crippen LogP) is 2.88. The molecule has 1 N–H and O–H groups in total. The third-order valence-corrected chi connectivity index (χ3v) is 2.57. The number of ether oxygens (including phenoxy) is 1. The molecule has 0 spiro atoms. The number of nitro benzene ring substituents is 1. The molecular weight excluding hydrogens is 260 g/mol. The van der Waals surface area contributed by atoms with Gasteiger partial charge in [-0.15, -0.1) is 0 Å². The topological polar surface area (TPSA) is 81.5 Å². The van der Waals surface area contributed by atoms with Crippen molar-refractivity contribution < 1.29 is 14.5 Å². The maximum atomic E-state index is 11.6. The van der Waals surface area contributed by atoms with Gasteiger partial charge in [-0.3, -0.25) is 10.1 Å². The van der Waals surface area contributed by atoms with Crippen LogP contribution in [0.2, 0.25) is 0 Å². The maximum absolute atomic E-state index is 11.6. The minimum absolute atomic E-state index is 0.0306. The molecule has 0 aliphatic rings. The number of para-hydroxylation sites is 2. The Morgan fingerprint density at radius 3 is 2.45 bits per heavy atom. The lowest BCUT2D eigenvalue weighted by molar-refractivity contribution is -0.385. The molecule has 0 atom stereocenters. The lowest BCUT2D eigenvalue weighted by atomic mass is 10.2. The second-order valence-corrected chi connectivity index (χ2v) is 3.94. The van der Waals surface area contributed by atoms with Gasteiger partial charge >= 0.3 is 6.09 Å². The number of nitrogens with zero attached hydrogens (tertiary/aromatic N) is 1. The van der Waals surface area contributed by atoms with Crippen molar-refractivity contribution in [1.29, 1.82) is 0 Å². The summed E-state index contributed by atoms with van der Waals surface area (Å²) in [5.74, 6) is 0.410. The van der Waals surface area contributed by atoms with Crippen LogP contribution in [0.4, 0.5) is 10.5 Å². The quantitative estimate of drug-likeness (QED) is 0.685. The minimum Gasteiger partial charge on any atom is -0.410 e. The highest BCUT2D eigenvalue weighted by molar-refractivity contribution is 5.70. The van der Waals surface area contributed by atoms with E-state index in [9.17, 15) is 14.9 Å². The Labute approximate surface area is 115 Å². The number of nitrogens with one attached hydrogen (secondary N) is 1. The second kappa shape index (κ2) is 6.33. The minimum atomic E-state index is -0.658. The summed E-state index contributed by atoms with van der Waals surface area (Å²) in [5, 5.41) is 13.3. The molecule has 1 amide bonds. The van der Waals surface area contributed by atoms with E-state index < -0.39 is 11.0 Å². The number of nitro groups is 1. The number of carbonyl (C=O) groups excluding carboxylic acids is 1. The van der Waals surface area contributed by atoms with E-state index in [2.05, 4.69) is 5.32 Å². The molecule has 0 heterocycles. The van der Waals surface area contributed by atoms with Crippen LogP contribution in [0.25, 0.3) is 0 Å². The normalized spacial score (nSPS) is 9.80. The van der Waals surface area contributed by atoms with Gasteiger partial charge < -0.3 is 10.1 Å². The number of amides is 1. The van der Waals surface area contributed by atoms with Crippen LogP contribution in [-0.2, 0) is 6.54 Å². The molecule has 0 saturated carbocycles. The molecule has 0 radical (unpaired) electrons. The summed E-state index contributed by atoms with van der Waals surface area (Å²) in [5.41, 5.74) is 0.384. The summed E-state index contributed by atoms with van der Waals surface area (Å²) in [6.45, 7) is 0.0306. The Kier molecular flexibility index (Phi) is 4.28. The fourth-order valence-corrected chi connectivity index (χ4v) is 1.64. The molecular formula is C14H12N2O4. The monoisotopic (exact) mass is 272 g/mol. The van der Waals surface area contributed by atoms with Gasteiger partial charge in [-0.2, -0.15) is 0 Å². The van der Waals surface area contributed by atoms with Gasteiger partial charge in [-0.1, -0.05) is 36.4 Å². The molecule has 2 aromatic carbocycles. The molecule has 6 nitrogen and oxygen atoms in total. The Bertz CT molecular complexity index is 614. The van der Waals surface area contributed by atoms with Crippen LogP contribution < -0.4 is 10.1 Å². The van der Waals surface area contributed by atoms with E-state index in [1.807, 2.05) is 0 Å². The van der Waals surface area contributed by atoms with Crippen LogP contribution >= 0.6 is 0 Å². The summed E-state index contributed by atoms with van der Waals surface area (Å²) in [7, 11) is 0. The summed E-state index contributed by atoms with van der Waals surface area (Å²) in [6.07, 6.45) is -0.658. The highest BCUT2D eigenvalue weighted by Crippen LogP contribution is 2.17. The first-order valence-corrected chi connectivity index (χ1v) is 5.90. The Morgan fingerprint density at radius 2 is 1.75 bits per heavy atom. The van der Waals surface area contributed by atoms with E-state index >= 15 is 0 Å². The molecule has 0 saturated heterocycles. The highest BCUT2D eigenvalue weighted by Gasteiger charge is 2.13. The number of benzene rings is 2. The predicted molar refractivity (Wildman–Crippen MR) is 72.4 cm³/mol. The van der Waals surface area contributed by atoms with Crippen LogP contribution in [0.15, 0.2) is 54.6 Å². The van der Waals surface area contributed by atoms with Crippen LogP contribution in [0.1, 0.15) is 5.56 Å². The molecule has 0 aliphatic heterocycles. The number of carbonyl (C=O) groups is 1.